The highest BCUT2D eigenvalue weighted by Crippen LogP contribution is 2.15. The average Bonchev–Trinajstić information content (AvgIpc) is 3.16. The maximum atomic E-state index is 12.0. The monoisotopic (exact) mass is 327 g/mol. The summed E-state index contributed by atoms with van der Waals surface area (Å²) in [6.45, 7) is 1.46. The second kappa shape index (κ2) is 7.83. The molecule has 24 heavy (non-hydrogen) atoms. The molecule has 1 N–H and O–H groups in total. The van der Waals surface area contributed by atoms with Crippen LogP contribution in [0.3, 0.4) is 0 Å². The second-order valence-electron chi connectivity index (χ2n) is 5.79. The molecule has 1 saturated heterocycles. The van der Waals surface area contributed by atoms with E-state index in [1.165, 1.54) is 5.56 Å². The Morgan fingerprint density at radius 1 is 1.29 bits per heavy atom. The maximum Gasteiger partial charge on any atom is 0.254 e. The van der Waals surface area contributed by atoms with Crippen LogP contribution in [0.4, 0.5) is 11.6 Å². The average molecular weight is 327 g/mol. The zero-order chi connectivity index (χ0) is 16.8. The van der Waals surface area contributed by atoms with E-state index in [-0.39, 0.29) is 12.0 Å². The summed E-state index contributed by atoms with van der Waals surface area (Å²) >= 11 is 0. The first-order valence-electron chi connectivity index (χ1n) is 8.08. The van der Waals surface area contributed by atoms with Crippen molar-refractivity contribution < 1.29 is 9.53 Å². The summed E-state index contributed by atoms with van der Waals surface area (Å²) in [7, 11) is 1.97. The summed E-state index contributed by atoms with van der Waals surface area (Å²) < 4.78 is 5.35. The van der Waals surface area contributed by atoms with Gasteiger partial charge in [-0.1, -0.05) is 0 Å². The van der Waals surface area contributed by atoms with Gasteiger partial charge in [0.25, 0.3) is 5.91 Å². The van der Waals surface area contributed by atoms with Crippen molar-refractivity contribution in [1.29, 1.82) is 0 Å². The Hall–Kier alpha value is -2.54. The zero-order valence-corrected chi connectivity index (χ0v) is 13.7. The maximum absolute atomic E-state index is 12.0. The van der Waals surface area contributed by atoms with Gasteiger partial charge in [-0.2, -0.15) is 0 Å². The molecule has 0 spiro atoms. The molecule has 2 aromatic heterocycles. The van der Waals surface area contributed by atoms with Gasteiger partial charge >= 0.3 is 0 Å². The summed E-state index contributed by atoms with van der Waals surface area (Å²) in [5.41, 5.74) is 1.23. The van der Waals surface area contributed by atoms with Gasteiger partial charge in [0.1, 0.15) is 6.10 Å². The van der Waals surface area contributed by atoms with Crippen LogP contribution in [-0.4, -0.2) is 47.4 Å². The molecule has 126 valence electrons. The third kappa shape index (κ3) is 4.26. The Balaban J connectivity index is 1.52. The van der Waals surface area contributed by atoms with Crippen LogP contribution >= 0.6 is 0 Å². The topological polar surface area (TPSA) is 80.2 Å². The molecule has 1 aliphatic rings. The smallest absolute Gasteiger partial charge is 0.254 e. The number of rotatable bonds is 6. The molecule has 1 unspecified atom stereocenters. The van der Waals surface area contributed by atoms with E-state index < -0.39 is 0 Å². The van der Waals surface area contributed by atoms with Gasteiger partial charge in [-0.3, -0.25) is 9.78 Å². The highest BCUT2D eigenvalue weighted by molar-refractivity contribution is 5.93. The number of amides is 1. The van der Waals surface area contributed by atoms with Crippen molar-refractivity contribution in [3.8, 4) is 0 Å². The highest BCUT2D eigenvalue weighted by atomic mass is 16.5. The van der Waals surface area contributed by atoms with Crippen LogP contribution in [0.15, 0.2) is 36.7 Å². The van der Waals surface area contributed by atoms with Crippen molar-refractivity contribution in [2.24, 2.45) is 0 Å². The number of carbonyl (C=O) groups excluding carboxylic acids is 1. The van der Waals surface area contributed by atoms with E-state index in [1.54, 1.807) is 18.5 Å². The van der Waals surface area contributed by atoms with Gasteiger partial charge in [-0.15, -0.1) is 10.2 Å². The molecule has 0 bridgehead atoms. The zero-order valence-electron chi connectivity index (χ0n) is 13.7. The molecule has 0 saturated carbocycles. The summed E-state index contributed by atoms with van der Waals surface area (Å²) in [4.78, 5) is 18.0. The van der Waals surface area contributed by atoms with Gasteiger partial charge in [0.05, 0.1) is 0 Å². The van der Waals surface area contributed by atoms with Crippen molar-refractivity contribution in [2.45, 2.75) is 25.4 Å². The van der Waals surface area contributed by atoms with Crippen molar-refractivity contribution in [3.63, 3.8) is 0 Å². The standard InChI is InChI=1S/C17H21N5O2/c1-22(11-8-13-6-9-18-10-7-13)16-5-4-15(20-21-16)19-17(23)14-3-2-12-24-14/h4-7,9-10,14H,2-3,8,11-12H2,1H3,(H,19,20,23). The third-order valence-electron chi connectivity index (χ3n) is 4.00. The lowest BCUT2D eigenvalue weighted by Gasteiger charge is -2.17. The van der Waals surface area contributed by atoms with Crippen molar-refractivity contribution >= 4 is 17.5 Å². The number of pyridine rings is 1. The van der Waals surface area contributed by atoms with E-state index in [2.05, 4.69) is 20.5 Å². The molecular weight excluding hydrogens is 306 g/mol. The number of nitrogens with one attached hydrogen (secondary N) is 1. The van der Waals surface area contributed by atoms with Gasteiger partial charge in [0.15, 0.2) is 11.6 Å². The first-order valence-corrected chi connectivity index (χ1v) is 8.08. The Labute approximate surface area is 141 Å². The fraction of sp³-hybridized carbons (Fsp3) is 0.412. The van der Waals surface area contributed by atoms with E-state index in [9.17, 15) is 4.79 Å². The predicted molar refractivity (Wildman–Crippen MR) is 90.8 cm³/mol. The molecule has 3 heterocycles. The molecule has 0 radical (unpaired) electrons. The molecule has 7 nitrogen and oxygen atoms in total. The molecule has 1 fully saturated rings. The highest BCUT2D eigenvalue weighted by Gasteiger charge is 2.23. The first-order chi connectivity index (χ1) is 11.7. The lowest BCUT2D eigenvalue weighted by atomic mass is 10.2. The third-order valence-corrected chi connectivity index (χ3v) is 4.00. The fourth-order valence-corrected chi connectivity index (χ4v) is 2.55. The lowest BCUT2D eigenvalue weighted by molar-refractivity contribution is -0.124. The normalized spacial score (nSPS) is 16.8. The summed E-state index contributed by atoms with van der Waals surface area (Å²) in [6, 6.07) is 7.62. The van der Waals surface area contributed by atoms with Gasteiger partial charge < -0.3 is 15.0 Å². The van der Waals surface area contributed by atoms with Gasteiger partial charge in [-0.05, 0) is 49.1 Å². The molecule has 7 heteroatoms. The van der Waals surface area contributed by atoms with Crippen LogP contribution in [0.5, 0.6) is 0 Å². The Bertz CT molecular complexity index is 656. The minimum Gasteiger partial charge on any atom is -0.368 e. The van der Waals surface area contributed by atoms with Crippen LogP contribution in [0.25, 0.3) is 0 Å². The molecule has 3 rings (SSSR count). The van der Waals surface area contributed by atoms with E-state index in [0.29, 0.717) is 12.4 Å². The Morgan fingerprint density at radius 2 is 2.12 bits per heavy atom. The number of anilines is 2. The predicted octanol–water partition coefficient (Wildman–Crippen LogP) is 1.67. The first kappa shape index (κ1) is 16.3. The van der Waals surface area contributed by atoms with E-state index in [4.69, 9.17) is 4.74 Å². The van der Waals surface area contributed by atoms with Crippen LogP contribution < -0.4 is 10.2 Å². The molecule has 1 atom stereocenters. The second-order valence-corrected chi connectivity index (χ2v) is 5.79. The minimum absolute atomic E-state index is 0.152. The number of ether oxygens (including phenoxy) is 1. The lowest BCUT2D eigenvalue weighted by Crippen LogP contribution is -2.27. The Morgan fingerprint density at radius 3 is 2.79 bits per heavy atom. The number of likely N-dealkylation sites (N-methyl/N-ethyl adjacent to an activating group) is 1. The van der Waals surface area contributed by atoms with Crippen LogP contribution in [0.2, 0.25) is 0 Å². The molecule has 0 aromatic carbocycles. The van der Waals surface area contributed by atoms with Gasteiger partial charge in [-0.25, -0.2) is 0 Å². The molecule has 1 amide bonds. The number of carbonyl (C=O) groups is 1. The van der Waals surface area contributed by atoms with Crippen molar-refractivity contribution in [1.82, 2.24) is 15.2 Å². The van der Waals surface area contributed by atoms with Crippen molar-refractivity contribution in [3.05, 3.63) is 42.2 Å². The number of hydrogen-bond acceptors (Lipinski definition) is 6. The van der Waals surface area contributed by atoms with Crippen molar-refractivity contribution in [2.75, 3.05) is 30.4 Å². The summed E-state index contributed by atoms with van der Waals surface area (Å²) in [6.07, 6.45) is 5.80. The summed E-state index contributed by atoms with van der Waals surface area (Å²) in [5, 5.41) is 11.0. The van der Waals surface area contributed by atoms with E-state index in [1.807, 2.05) is 30.1 Å². The Kier molecular flexibility index (Phi) is 5.32. The summed E-state index contributed by atoms with van der Waals surface area (Å²) in [5.74, 6) is 1.06. The SMILES string of the molecule is CN(CCc1ccncc1)c1ccc(NC(=O)C2CCCO2)nn1. The van der Waals surface area contributed by atoms with Crippen LogP contribution in [-0.2, 0) is 16.0 Å². The van der Waals surface area contributed by atoms with Crippen LogP contribution in [0.1, 0.15) is 18.4 Å². The quantitative estimate of drug-likeness (QED) is 0.869. The minimum atomic E-state index is -0.366. The van der Waals surface area contributed by atoms with Gasteiger partial charge in [0.2, 0.25) is 0 Å². The largest absolute Gasteiger partial charge is 0.368 e. The molecule has 0 aliphatic carbocycles. The molecular formula is C17H21N5O2. The van der Waals surface area contributed by atoms with Gasteiger partial charge in [0, 0.05) is 32.6 Å². The number of aromatic nitrogens is 3. The molecule has 1 aliphatic heterocycles. The van der Waals surface area contributed by atoms with E-state index in [0.717, 1.165) is 31.6 Å². The fourth-order valence-electron chi connectivity index (χ4n) is 2.55. The number of hydrogen-bond donors (Lipinski definition) is 1. The number of nitrogens with zero attached hydrogens (tertiary/aromatic N) is 4. The molecule has 2 aromatic rings. The van der Waals surface area contributed by atoms with E-state index >= 15 is 0 Å². The van der Waals surface area contributed by atoms with Crippen LogP contribution in [0, 0.1) is 0 Å².